The van der Waals surface area contributed by atoms with Gasteiger partial charge < -0.3 is 25.4 Å². The third-order valence-electron chi connectivity index (χ3n) is 2.17. The first-order valence-corrected chi connectivity index (χ1v) is 6.20. The number of hydrogen-bond acceptors (Lipinski definition) is 6. The monoisotopic (exact) mass is 263 g/mol. The zero-order chi connectivity index (χ0) is 14.2. The van der Waals surface area contributed by atoms with E-state index in [9.17, 15) is 4.79 Å². The maximum absolute atomic E-state index is 10.9. The van der Waals surface area contributed by atoms with Gasteiger partial charge in [-0.15, -0.1) is 0 Å². The Morgan fingerprint density at radius 3 is 2.33 bits per heavy atom. The second-order valence-corrected chi connectivity index (χ2v) is 4.81. The topological polar surface area (TPSA) is 102 Å². The van der Waals surface area contributed by atoms with Gasteiger partial charge in [-0.3, -0.25) is 0 Å². The standard InChI is InChI=1S/C9H17NO3.C3H8O2/c1-2-12-9(11)6-13-8-4-3-7(10)5-8;1-3(2,4)5/h7-8H,2-6,10H2,1H3;4-5H,1-2H3. The highest BCUT2D eigenvalue weighted by Crippen LogP contribution is 2.20. The molecule has 0 aromatic heterocycles. The molecule has 6 heteroatoms. The van der Waals surface area contributed by atoms with Gasteiger partial charge in [-0.05, 0) is 40.0 Å². The van der Waals surface area contributed by atoms with E-state index in [0.717, 1.165) is 19.3 Å². The van der Waals surface area contributed by atoms with Crippen molar-refractivity contribution in [2.24, 2.45) is 5.73 Å². The molecule has 1 aliphatic carbocycles. The van der Waals surface area contributed by atoms with Crippen molar-refractivity contribution in [2.45, 2.75) is 58.0 Å². The zero-order valence-electron chi connectivity index (χ0n) is 11.4. The van der Waals surface area contributed by atoms with E-state index in [1.54, 1.807) is 6.92 Å². The van der Waals surface area contributed by atoms with Crippen LogP contribution in [-0.4, -0.2) is 47.3 Å². The molecule has 1 aliphatic rings. The van der Waals surface area contributed by atoms with E-state index in [0.29, 0.717) is 6.61 Å². The molecule has 18 heavy (non-hydrogen) atoms. The van der Waals surface area contributed by atoms with Gasteiger partial charge in [0.25, 0.3) is 0 Å². The van der Waals surface area contributed by atoms with Crippen molar-refractivity contribution in [3.8, 4) is 0 Å². The minimum absolute atomic E-state index is 0.0607. The lowest BCUT2D eigenvalue weighted by Crippen LogP contribution is -2.21. The minimum atomic E-state index is -1.50. The van der Waals surface area contributed by atoms with Crippen LogP contribution in [0.2, 0.25) is 0 Å². The van der Waals surface area contributed by atoms with E-state index in [4.69, 9.17) is 25.4 Å². The quantitative estimate of drug-likeness (QED) is 0.493. The first-order valence-electron chi connectivity index (χ1n) is 6.20. The molecule has 0 heterocycles. The summed E-state index contributed by atoms with van der Waals surface area (Å²) in [5, 5.41) is 16.2. The summed E-state index contributed by atoms with van der Waals surface area (Å²) >= 11 is 0. The van der Waals surface area contributed by atoms with E-state index < -0.39 is 5.79 Å². The highest BCUT2D eigenvalue weighted by molar-refractivity contribution is 5.70. The van der Waals surface area contributed by atoms with Crippen molar-refractivity contribution in [1.82, 2.24) is 0 Å². The van der Waals surface area contributed by atoms with Crippen LogP contribution in [0.1, 0.15) is 40.0 Å². The number of aliphatic hydroxyl groups is 2. The van der Waals surface area contributed by atoms with Crippen molar-refractivity contribution < 1.29 is 24.5 Å². The minimum Gasteiger partial charge on any atom is -0.464 e. The van der Waals surface area contributed by atoms with Gasteiger partial charge in [-0.2, -0.15) is 0 Å². The number of ether oxygens (including phenoxy) is 2. The lowest BCUT2D eigenvalue weighted by atomic mass is 10.3. The SMILES string of the molecule is CC(C)(O)O.CCOC(=O)COC1CCC(N)C1. The summed E-state index contributed by atoms with van der Waals surface area (Å²) in [6, 6.07) is 0.243. The van der Waals surface area contributed by atoms with Gasteiger partial charge in [0.05, 0.1) is 12.7 Å². The smallest absolute Gasteiger partial charge is 0.332 e. The van der Waals surface area contributed by atoms with Crippen LogP contribution >= 0.6 is 0 Å². The van der Waals surface area contributed by atoms with E-state index in [1.165, 1.54) is 13.8 Å². The maximum atomic E-state index is 10.9. The summed E-state index contributed by atoms with van der Waals surface area (Å²) in [6.07, 6.45) is 2.97. The van der Waals surface area contributed by atoms with Gasteiger partial charge in [0.2, 0.25) is 0 Å². The van der Waals surface area contributed by atoms with E-state index >= 15 is 0 Å². The molecule has 0 amide bonds. The maximum Gasteiger partial charge on any atom is 0.332 e. The highest BCUT2D eigenvalue weighted by atomic mass is 16.6. The Bertz CT molecular complexity index is 233. The fraction of sp³-hybridized carbons (Fsp3) is 0.917. The third kappa shape index (κ3) is 11.8. The largest absolute Gasteiger partial charge is 0.464 e. The summed E-state index contributed by atoms with van der Waals surface area (Å²) in [6.45, 7) is 4.85. The third-order valence-corrected chi connectivity index (χ3v) is 2.17. The molecule has 1 saturated carbocycles. The van der Waals surface area contributed by atoms with Gasteiger partial charge in [0, 0.05) is 6.04 Å². The van der Waals surface area contributed by atoms with Crippen LogP contribution in [0.5, 0.6) is 0 Å². The summed E-state index contributed by atoms with van der Waals surface area (Å²) in [5.74, 6) is -1.79. The van der Waals surface area contributed by atoms with Crippen LogP contribution in [0.15, 0.2) is 0 Å². The lowest BCUT2D eigenvalue weighted by molar-refractivity contribution is -0.150. The molecule has 2 unspecified atom stereocenters. The molecule has 1 rings (SSSR count). The van der Waals surface area contributed by atoms with Crippen molar-refractivity contribution >= 4 is 5.97 Å². The molecule has 0 bridgehead atoms. The second kappa shape index (κ2) is 8.42. The van der Waals surface area contributed by atoms with Crippen LogP contribution in [-0.2, 0) is 14.3 Å². The first kappa shape index (κ1) is 17.3. The van der Waals surface area contributed by atoms with Gasteiger partial charge in [0.1, 0.15) is 6.61 Å². The van der Waals surface area contributed by atoms with E-state index in [-0.39, 0.29) is 24.7 Å². The number of carbonyl (C=O) groups is 1. The molecule has 108 valence electrons. The van der Waals surface area contributed by atoms with Crippen LogP contribution < -0.4 is 5.73 Å². The second-order valence-electron chi connectivity index (χ2n) is 4.81. The number of carbonyl (C=O) groups excluding carboxylic acids is 1. The Hall–Kier alpha value is -0.690. The lowest BCUT2D eigenvalue weighted by Gasteiger charge is -2.10. The van der Waals surface area contributed by atoms with Gasteiger partial charge in [0.15, 0.2) is 5.79 Å². The molecular weight excluding hydrogens is 238 g/mol. The molecule has 6 nitrogen and oxygen atoms in total. The van der Waals surface area contributed by atoms with Crippen molar-refractivity contribution in [2.75, 3.05) is 13.2 Å². The molecule has 0 radical (unpaired) electrons. The Kier molecular flexibility index (Phi) is 8.10. The van der Waals surface area contributed by atoms with Crippen LogP contribution in [0.3, 0.4) is 0 Å². The van der Waals surface area contributed by atoms with E-state index in [1.807, 2.05) is 0 Å². The molecule has 0 saturated heterocycles. The molecule has 0 spiro atoms. The molecule has 0 aliphatic heterocycles. The first-order chi connectivity index (χ1) is 8.22. The summed E-state index contributed by atoms with van der Waals surface area (Å²) in [7, 11) is 0. The fourth-order valence-corrected chi connectivity index (χ4v) is 1.51. The Morgan fingerprint density at radius 2 is 1.94 bits per heavy atom. The number of nitrogens with two attached hydrogens (primary N) is 1. The molecule has 0 aromatic carbocycles. The van der Waals surface area contributed by atoms with Gasteiger partial charge >= 0.3 is 5.97 Å². The number of hydrogen-bond donors (Lipinski definition) is 3. The number of esters is 1. The predicted molar refractivity (Wildman–Crippen MR) is 66.7 cm³/mol. The fourth-order valence-electron chi connectivity index (χ4n) is 1.51. The van der Waals surface area contributed by atoms with Gasteiger partial charge in [-0.25, -0.2) is 4.79 Å². The zero-order valence-corrected chi connectivity index (χ0v) is 11.4. The molecular formula is C12H25NO5. The summed E-state index contributed by atoms with van der Waals surface area (Å²) in [4.78, 5) is 10.9. The van der Waals surface area contributed by atoms with Crippen LogP contribution in [0.4, 0.5) is 0 Å². The van der Waals surface area contributed by atoms with Crippen molar-refractivity contribution in [3.63, 3.8) is 0 Å². The Balaban J connectivity index is 0.000000494. The molecule has 4 N–H and O–H groups in total. The van der Waals surface area contributed by atoms with Crippen molar-refractivity contribution in [1.29, 1.82) is 0 Å². The summed E-state index contributed by atoms with van der Waals surface area (Å²) in [5.41, 5.74) is 5.69. The average Bonchev–Trinajstić information content (AvgIpc) is 2.59. The molecule has 2 atom stereocenters. The normalized spacial score (nSPS) is 23.2. The molecule has 1 fully saturated rings. The van der Waals surface area contributed by atoms with Crippen molar-refractivity contribution in [3.05, 3.63) is 0 Å². The Morgan fingerprint density at radius 1 is 1.39 bits per heavy atom. The number of rotatable bonds is 4. The van der Waals surface area contributed by atoms with Gasteiger partial charge in [-0.1, -0.05) is 0 Å². The average molecular weight is 263 g/mol. The van der Waals surface area contributed by atoms with E-state index in [2.05, 4.69) is 0 Å². The predicted octanol–water partition coefficient (Wildman–Crippen LogP) is 0.153. The Labute approximate surface area is 108 Å². The highest BCUT2D eigenvalue weighted by Gasteiger charge is 2.22. The van der Waals surface area contributed by atoms with Crippen LogP contribution in [0, 0.1) is 0 Å². The molecule has 0 aromatic rings. The summed E-state index contributed by atoms with van der Waals surface area (Å²) < 4.78 is 10.1. The van der Waals surface area contributed by atoms with Crippen LogP contribution in [0.25, 0.3) is 0 Å².